The Bertz CT molecular complexity index is 479. The normalized spacial score (nSPS) is 22.8. The van der Waals surface area contributed by atoms with Crippen LogP contribution in [-0.2, 0) is 16.1 Å². The summed E-state index contributed by atoms with van der Waals surface area (Å²) in [7, 11) is 0. The summed E-state index contributed by atoms with van der Waals surface area (Å²) >= 11 is 0. The number of nitrogens with one attached hydrogen (secondary N) is 1. The van der Waals surface area contributed by atoms with E-state index in [1.165, 1.54) is 6.33 Å². The van der Waals surface area contributed by atoms with Gasteiger partial charge in [-0.05, 0) is 45.7 Å². The van der Waals surface area contributed by atoms with Crippen LogP contribution in [0.15, 0.2) is 12.7 Å². The average Bonchev–Trinajstić information content (AvgIpc) is 3.08. The molecule has 2 saturated heterocycles. The van der Waals surface area contributed by atoms with Crippen molar-refractivity contribution in [3.8, 4) is 0 Å². The topological polar surface area (TPSA) is 72.3 Å². The molecule has 2 aliphatic rings. The first-order chi connectivity index (χ1) is 11.2. The van der Waals surface area contributed by atoms with Crippen molar-refractivity contribution < 1.29 is 9.53 Å². The van der Waals surface area contributed by atoms with Gasteiger partial charge >= 0.3 is 0 Å². The third kappa shape index (κ3) is 4.51. The zero-order chi connectivity index (χ0) is 16.1. The molecule has 2 aliphatic heterocycles. The largest absolute Gasteiger partial charge is 0.381 e. The number of ether oxygens (including phenoxy) is 1. The van der Waals surface area contributed by atoms with Gasteiger partial charge in [0, 0.05) is 31.2 Å². The quantitative estimate of drug-likeness (QED) is 0.863. The van der Waals surface area contributed by atoms with Gasteiger partial charge in [-0.25, -0.2) is 4.98 Å². The molecule has 7 nitrogen and oxygen atoms in total. The van der Waals surface area contributed by atoms with Gasteiger partial charge in [0.25, 0.3) is 0 Å². The van der Waals surface area contributed by atoms with Crippen molar-refractivity contribution in [3.63, 3.8) is 0 Å². The van der Waals surface area contributed by atoms with Crippen LogP contribution in [0.5, 0.6) is 0 Å². The van der Waals surface area contributed by atoms with Gasteiger partial charge in [-0.1, -0.05) is 0 Å². The number of hydrogen-bond donors (Lipinski definition) is 1. The third-order valence-electron chi connectivity index (χ3n) is 4.92. The van der Waals surface area contributed by atoms with Crippen LogP contribution in [0.4, 0.5) is 0 Å². The van der Waals surface area contributed by atoms with Crippen molar-refractivity contribution >= 4 is 5.91 Å². The Kier molecular flexibility index (Phi) is 5.61. The van der Waals surface area contributed by atoms with Gasteiger partial charge in [0.2, 0.25) is 5.91 Å². The van der Waals surface area contributed by atoms with Crippen molar-refractivity contribution in [2.75, 3.05) is 26.3 Å². The predicted molar refractivity (Wildman–Crippen MR) is 85.8 cm³/mol. The van der Waals surface area contributed by atoms with E-state index in [2.05, 4.69) is 20.3 Å². The highest BCUT2D eigenvalue weighted by Gasteiger charge is 2.29. The van der Waals surface area contributed by atoms with Crippen molar-refractivity contribution in [1.82, 2.24) is 25.0 Å². The number of amides is 1. The maximum atomic E-state index is 12.4. The first-order valence-electron chi connectivity index (χ1n) is 8.67. The Balaban J connectivity index is 1.40. The van der Waals surface area contributed by atoms with E-state index >= 15 is 0 Å². The summed E-state index contributed by atoms with van der Waals surface area (Å²) in [6, 6.07) is 0.719. The minimum atomic E-state index is 0.0673. The van der Waals surface area contributed by atoms with Gasteiger partial charge in [-0.3, -0.25) is 9.48 Å². The highest BCUT2D eigenvalue weighted by atomic mass is 16.5. The number of carbonyl (C=O) groups is 1. The zero-order valence-electron chi connectivity index (χ0n) is 13.9. The molecule has 1 amide bonds. The SMILES string of the molecule is CC(Cn1cncn1)NC(=O)C1CCN(C2CCOCC2)CC1. The maximum Gasteiger partial charge on any atom is 0.223 e. The van der Waals surface area contributed by atoms with Crippen LogP contribution >= 0.6 is 0 Å². The lowest BCUT2D eigenvalue weighted by Gasteiger charge is -2.39. The molecular formula is C16H27N5O2. The van der Waals surface area contributed by atoms with Crippen molar-refractivity contribution in [2.45, 2.75) is 51.2 Å². The van der Waals surface area contributed by atoms with Crippen LogP contribution in [0.25, 0.3) is 0 Å². The van der Waals surface area contributed by atoms with Crippen molar-refractivity contribution in [2.24, 2.45) is 5.92 Å². The molecule has 3 heterocycles. The summed E-state index contributed by atoms with van der Waals surface area (Å²) in [5.41, 5.74) is 0. The fourth-order valence-electron chi connectivity index (χ4n) is 3.59. The summed E-state index contributed by atoms with van der Waals surface area (Å²) in [5.74, 6) is 0.327. The Labute approximate surface area is 137 Å². The molecule has 1 aromatic rings. The molecule has 128 valence electrons. The first-order valence-corrected chi connectivity index (χ1v) is 8.67. The first kappa shape index (κ1) is 16.4. The average molecular weight is 321 g/mol. The molecule has 0 radical (unpaired) electrons. The minimum absolute atomic E-state index is 0.0673. The minimum Gasteiger partial charge on any atom is -0.381 e. The fourth-order valence-corrected chi connectivity index (χ4v) is 3.59. The Morgan fingerprint density at radius 3 is 2.70 bits per heavy atom. The molecule has 2 fully saturated rings. The Morgan fingerprint density at radius 2 is 2.04 bits per heavy atom. The van der Waals surface area contributed by atoms with Crippen LogP contribution in [0.2, 0.25) is 0 Å². The van der Waals surface area contributed by atoms with Crippen LogP contribution in [0.1, 0.15) is 32.6 Å². The van der Waals surface area contributed by atoms with E-state index in [0.717, 1.165) is 52.0 Å². The van der Waals surface area contributed by atoms with Gasteiger partial charge in [-0.15, -0.1) is 0 Å². The molecule has 1 aromatic heterocycles. The van der Waals surface area contributed by atoms with Crippen LogP contribution < -0.4 is 5.32 Å². The lowest BCUT2D eigenvalue weighted by Crippen LogP contribution is -2.48. The number of hydrogen-bond acceptors (Lipinski definition) is 5. The number of piperidine rings is 1. The number of carbonyl (C=O) groups excluding carboxylic acids is 1. The number of likely N-dealkylation sites (tertiary alicyclic amines) is 1. The molecular weight excluding hydrogens is 294 g/mol. The number of rotatable bonds is 5. The van der Waals surface area contributed by atoms with Crippen molar-refractivity contribution in [3.05, 3.63) is 12.7 Å². The predicted octanol–water partition coefficient (Wildman–Crippen LogP) is 0.674. The smallest absolute Gasteiger partial charge is 0.223 e. The molecule has 0 aromatic carbocycles. The van der Waals surface area contributed by atoms with Crippen LogP contribution in [0, 0.1) is 5.92 Å². The van der Waals surface area contributed by atoms with Gasteiger partial charge in [-0.2, -0.15) is 5.10 Å². The highest BCUT2D eigenvalue weighted by Crippen LogP contribution is 2.23. The van der Waals surface area contributed by atoms with E-state index in [1.807, 2.05) is 6.92 Å². The molecule has 0 spiro atoms. The monoisotopic (exact) mass is 321 g/mol. The second kappa shape index (κ2) is 7.88. The van der Waals surface area contributed by atoms with E-state index in [4.69, 9.17) is 4.74 Å². The van der Waals surface area contributed by atoms with Gasteiger partial charge in [0.15, 0.2) is 0 Å². The standard InChI is InChI=1S/C16H27N5O2/c1-13(10-21-12-17-11-18-21)19-16(22)14-2-6-20(7-3-14)15-4-8-23-9-5-15/h11-15H,2-10H2,1H3,(H,19,22). The fraction of sp³-hybridized carbons (Fsp3) is 0.812. The molecule has 1 unspecified atom stereocenters. The van der Waals surface area contributed by atoms with E-state index in [1.54, 1.807) is 11.0 Å². The molecule has 23 heavy (non-hydrogen) atoms. The number of nitrogens with zero attached hydrogens (tertiary/aromatic N) is 4. The molecule has 7 heteroatoms. The van der Waals surface area contributed by atoms with Crippen LogP contribution in [0.3, 0.4) is 0 Å². The second-order valence-corrected chi connectivity index (χ2v) is 6.68. The molecule has 1 N–H and O–H groups in total. The lowest BCUT2D eigenvalue weighted by atomic mass is 9.93. The van der Waals surface area contributed by atoms with Gasteiger partial charge in [0.1, 0.15) is 12.7 Å². The summed E-state index contributed by atoms with van der Waals surface area (Å²) in [6.07, 6.45) is 7.37. The zero-order valence-corrected chi connectivity index (χ0v) is 13.9. The van der Waals surface area contributed by atoms with Crippen LogP contribution in [-0.4, -0.2) is 64.0 Å². The maximum absolute atomic E-state index is 12.4. The van der Waals surface area contributed by atoms with E-state index < -0.39 is 0 Å². The molecule has 0 aliphatic carbocycles. The summed E-state index contributed by atoms with van der Waals surface area (Å²) in [4.78, 5) is 18.9. The van der Waals surface area contributed by atoms with Crippen molar-refractivity contribution in [1.29, 1.82) is 0 Å². The van der Waals surface area contributed by atoms with E-state index in [9.17, 15) is 4.79 Å². The van der Waals surface area contributed by atoms with Gasteiger partial charge in [0.05, 0.1) is 6.54 Å². The number of aromatic nitrogens is 3. The lowest BCUT2D eigenvalue weighted by molar-refractivity contribution is -0.127. The molecule has 0 saturated carbocycles. The summed E-state index contributed by atoms with van der Waals surface area (Å²) < 4.78 is 7.18. The second-order valence-electron chi connectivity index (χ2n) is 6.68. The molecule has 0 bridgehead atoms. The van der Waals surface area contributed by atoms with E-state index in [0.29, 0.717) is 12.6 Å². The molecule has 3 rings (SSSR count). The Morgan fingerprint density at radius 1 is 1.30 bits per heavy atom. The molecule has 1 atom stereocenters. The van der Waals surface area contributed by atoms with Gasteiger partial charge < -0.3 is 15.0 Å². The Hall–Kier alpha value is -1.47. The summed E-state index contributed by atoms with van der Waals surface area (Å²) in [5, 5.41) is 7.19. The third-order valence-corrected chi connectivity index (χ3v) is 4.92. The van der Waals surface area contributed by atoms with E-state index in [-0.39, 0.29) is 17.9 Å². The summed E-state index contributed by atoms with van der Waals surface area (Å²) in [6.45, 7) is 6.49. The highest BCUT2D eigenvalue weighted by molar-refractivity contribution is 5.79.